The minimum absolute atomic E-state index is 0.0669. The van der Waals surface area contributed by atoms with Gasteiger partial charge < -0.3 is 15.0 Å². The number of nitriles is 1. The van der Waals surface area contributed by atoms with Gasteiger partial charge in [0.15, 0.2) is 0 Å². The molecule has 0 radical (unpaired) electrons. The van der Waals surface area contributed by atoms with Crippen LogP contribution in [-0.4, -0.2) is 50.8 Å². The highest BCUT2D eigenvalue weighted by Crippen LogP contribution is 2.36. The van der Waals surface area contributed by atoms with Crippen molar-refractivity contribution in [2.75, 3.05) is 18.5 Å². The lowest BCUT2D eigenvalue weighted by Crippen LogP contribution is -2.45. The monoisotopic (exact) mass is 526 g/mol. The highest BCUT2D eigenvalue weighted by molar-refractivity contribution is 7.15. The molecule has 4 heterocycles. The van der Waals surface area contributed by atoms with Gasteiger partial charge in [0.25, 0.3) is 5.56 Å². The molecular weight excluding hydrogens is 500 g/mol. The molecule has 10 heteroatoms. The van der Waals surface area contributed by atoms with Gasteiger partial charge in [-0.2, -0.15) is 5.26 Å². The molecule has 38 heavy (non-hydrogen) atoms. The first-order chi connectivity index (χ1) is 18.4. The number of amides is 1. The molecular formula is C28H26N6O3S. The number of fused-ring (bicyclic) bond motifs is 2. The van der Waals surface area contributed by atoms with Gasteiger partial charge in [-0.15, -0.1) is 11.3 Å². The number of carbonyl (C=O) groups excluding carboxylic acids is 1. The Kier molecular flexibility index (Phi) is 6.08. The molecule has 2 aromatic carbocycles. The van der Waals surface area contributed by atoms with E-state index in [4.69, 9.17) is 15.0 Å². The number of piperidine rings is 1. The van der Waals surface area contributed by atoms with Crippen molar-refractivity contribution >= 4 is 34.0 Å². The van der Waals surface area contributed by atoms with Gasteiger partial charge >= 0.3 is 6.09 Å². The fraction of sp³-hybridized carbons (Fsp3) is 0.321. The van der Waals surface area contributed by atoms with Gasteiger partial charge in [0.1, 0.15) is 12.4 Å². The average Bonchev–Trinajstić information content (AvgIpc) is 3.52. The topological polar surface area (TPSA) is 113 Å². The first-order valence-corrected chi connectivity index (χ1v) is 13.4. The fourth-order valence-electron chi connectivity index (χ4n) is 5.29. The maximum Gasteiger partial charge on any atom is 0.410 e. The lowest BCUT2D eigenvalue weighted by molar-refractivity contribution is 0.153. The van der Waals surface area contributed by atoms with E-state index in [-0.39, 0.29) is 23.7 Å². The number of ether oxygens (including phenoxy) is 1. The Labute approximate surface area is 223 Å². The van der Waals surface area contributed by atoms with Crippen molar-refractivity contribution in [1.82, 2.24) is 19.4 Å². The molecule has 1 N–H and O–H groups in total. The summed E-state index contributed by atoms with van der Waals surface area (Å²) in [5.74, 6) is 0.622. The molecule has 2 atom stereocenters. The Morgan fingerprint density at radius 3 is 2.76 bits per heavy atom. The molecule has 9 nitrogen and oxygen atoms in total. The third-order valence-corrected chi connectivity index (χ3v) is 8.25. The van der Waals surface area contributed by atoms with Crippen LogP contribution in [0.15, 0.2) is 47.4 Å². The van der Waals surface area contributed by atoms with Crippen molar-refractivity contribution in [3.05, 3.63) is 74.9 Å². The van der Waals surface area contributed by atoms with Gasteiger partial charge in [-0.25, -0.2) is 14.8 Å². The Morgan fingerprint density at radius 2 is 2.03 bits per heavy atom. The molecule has 2 aliphatic heterocycles. The highest BCUT2D eigenvalue weighted by Gasteiger charge is 2.38. The third-order valence-electron chi connectivity index (χ3n) is 7.30. The quantitative estimate of drug-likeness (QED) is 0.409. The van der Waals surface area contributed by atoms with Gasteiger partial charge in [-0.05, 0) is 56.5 Å². The van der Waals surface area contributed by atoms with Crippen LogP contribution in [0.2, 0.25) is 0 Å². The van der Waals surface area contributed by atoms with E-state index in [0.717, 1.165) is 39.5 Å². The van der Waals surface area contributed by atoms with Crippen LogP contribution >= 0.6 is 11.3 Å². The number of rotatable bonds is 5. The predicted molar refractivity (Wildman–Crippen MR) is 145 cm³/mol. The highest BCUT2D eigenvalue weighted by atomic mass is 32.1. The van der Waals surface area contributed by atoms with Gasteiger partial charge in [-0.3, -0.25) is 9.36 Å². The first kappa shape index (κ1) is 24.1. The van der Waals surface area contributed by atoms with E-state index in [9.17, 15) is 9.59 Å². The number of aryl methyl sites for hydroxylation is 2. The Morgan fingerprint density at radius 1 is 1.21 bits per heavy atom. The maximum atomic E-state index is 13.7. The van der Waals surface area contributed by atoms with Gasteiger partial charge in [-0.1, -0.05) is 12.1 Å². The van der Waals surface area contributed by atoms with E-state index in [1.165, 1.54) is 0 Å². The number of hydrogen-bond acceptors (Lipinski definition) is 8. The summed E-state index contributed by atoms with van der Waals surface area (Å²) in [4.78, 5) is 37.7. The summed E-state index contributed by atoms with van der Waals surface area (Å²) >= 11 is 1.60. The largest absolute Gasteiger partial charge is 0.447 e. The second kappa shape index (κ2) is 9.58. The Bertz CT molecular complexity index is 1650. The molecule has 2 saturated heterocycles. The maximum absolute atomic E-state index is 13.7. The molecule has 2 aliphatic rings. The normalized spacial score (nSPS) is 18.8. The summed E-state index contributed by atoms with van der Waals surface area (Å²) in [6.45, 7) is 5.23. The standard InChI is InChI=1S/C28H26N6O3S/c1-16-31-25-10-22(26-13-30-17(2)38-26)24(32-20-7-8-33-21(9-20)15-37-28(33)36)11-23(25)27(35)34(16)14-19-5-3-18(12-29)4-6-19/h3-6,10-11,13,20-21,32H,7-9,14-15H2,1-2H3/t20-,21-/m0/s1. The molecule has 1 amide bonds. The van der Waals surface area contributed by atoms with Crippen LogP contribution in [0.4, 0.5) is 10.5 Å². The van der Waals surface area contributed by atoms with E-state index < -0.39 is 0 Å². The van der Waals surface area contributed by atoms with Gasteiger partial charge in [0.2, 0.25) is 0 Å². The van der Waals surface area contributed by atoms with Crippen LogP contribution in [0.25, 0.3) is 21.3 Å². The number of thiazole rings is 1. The molecule has 0 spiro atoms. The molecule has 192 valence electrons. The first-order valence-electron chi connectivity index (χ1n) is 12.6. The molecule has 0 bridgehead atoms. The van der Waals surface area contributed by atoms with Crippen molar-refractivity contribution in [3.8, 4) is 16.5 Å². The Hall–Kier alpha value is -4.23. The SMILES string of the molecule is Cc1ncc(-c2cc3nc(C)n(Cc4ccc(C#N)cc4)c(=O)c3cc2N[C@H]2CCN3C(=O)OC[C@@H]3C2)s1. The van der Waals surface area contributed by atoms with Crippen molar-refractivity contribution in [2.45, 2.75) is 45.3 Å². The average molecular weight is 527 g/mol. The van der Waals surface area contributed by atoms with Crippen LogP contribution < -0.4 is 10.9 Å². The van der Waals surface area contributed by atoms with Crippen molar-refractivity contribution in [1.29, 1.82) is 5.26 Å². The molecule has 0 unspecified atom stereocenters. The minimum Gasteiger partial charge on any atom is -0.447 e. The summed E-state index contributed by atoms with van der Waals surface area (Å²) in [5, 5.41) is 14.3. The predicted octanol–water partition coefficient (Wildman–Crippen LogP) is 4.45. The minimum atomic E-state index is -0.232. The van der Waals surface area contributed by atoms with Crippen molar-refractivity contribution in [2.24, 2.45) is 0 Å². The number of cyclic esters (lactones) is 1. The smallest absolute Gasteiger partial charge is 0.410 e. The number of benzene rings is 2. The number of aromatic nitrogens is 3. The van der Waals surface area contributed by atoms with E-state index in [2.05, 4.69) is 16.4 Å². The molecule has 4 aromatic rings. The summed E-state index contributed by atoms with van der Waals surface area (Å²) in [6.07, 6.45) is 3.20. The van der Waals surface area contributed by atoms with E-state index in [1.807, 2.05) is 44.3 Å². The van der Waals surface area contributed by atoms with Crippen LogP contribution in [0.5, 0.6) is 0 Å². The lowest BCUT2D eigenvalue weighted by Gasteiger charge is -2.33. The van der Waals surface area contributed by atoms with Crippen LogP contribution in [0, 0.1) is 25.2 Å². The summed E-state index contributed by atoms with van der Waals surface area (Å²) in [6, 6.07) is 13.4. The lowest BCUT2D eigenvalue weighted by atomic mass is 9.97. The van der Waals surface area contributed by atoms with E-state index in [0.29, 0.717) is 42.0 Å². The van der Waals surface area contributed by atoms with Crippen LogP contribution in [0.1, 0.15) is 34.8 Å². The number of carbonyl (C=O) groups is 1. The molecule has 6 rings (SSSR count). The zero-order chi connectivity index (χ0) is 26.4. The molecule has 2 aromatic heterocycles. The second-order valence-electron chi connectivity index (χ2n) is 9.81. The number of hydrogen-bond donors (Lipinski definition) is 1. The van der Waals surface area contributed by atoms with E-state index in [1.54, 1.807) is 32.9 Å². The Balaban J connectivity index is 1.40. The summed E-state index contributed by atoms with van der Waals surface area (Å²) in [5.41, 5.74) is 3.84. The molecule has 0 saturated carbocycles. The van der Waals surface area contributed by atoms with Crippen molar-refractivity contribution in [3.63, 3.8) is 0 Å². The fourth-order valence-corrected chi connectivity index (χ4v) is 6.10. The zero-order valence-electron chi connectivity index (χ0n) is 21.1. The summed E-state index contributed by atoms with van der Waals surface area (Å²) in [7, 11) is 0. The van der Waals surface area contributed by atoms with E-state index >= 15 is 0 Å². The second-order valence-corrected chi connectivity index (χ2v) is 11.0. The molecule has 2 fully saturated rings. The van der Waals surface area contributed by atoms with Gasteiger partial charge in [0, 0.05) is 30.0 Å². The third kappa shape index (κ3) is 4.39. The zero-order valence-corrected chi connectivity index (χ0v) is 21.9. The van der Waals surface area contributed by atoms with Crippen molar-refractivity contribution < 1.29 is 9.53 Å². The van der Waals surface area contributed by atoms with Crippen LogP contribution in [-0.2, 0) is 11.3 Å². The van der Waals surface area contributed by atoms with Crippen LogP contribution in [0.3, 0.4) is 0 Å². The summed E-state index contributed by atoms with van der Waals surface area (Å²) < 4.78 is 6.91. The number of nitrogens with zero attached hydrogens (tertiary/aromatic N) is 5. The number of anilines is 1. The number of nitrogens with one attached hydrogen (secondary N) is 1. The van der Waals surface area contributed by atoms with Gasteiger partial charge in [0.05, 0.1) is 45.0 Å². The molecule has 0 aliphatic carbocycles.